The summed E-state index contributed by atoms with van der Waals surface area (Å²) in [5.41, 5.74) is 7.88. The van der Waals surface area contributed by atoms with Gasteiger partial charge in [0.05, 0.1) is 11.2 Å². The van der Waals surface area contributed by atoms with Crippen molar-refractivity contribution in [1.29, 1.82) is 0 Å². The van der Waals surface area contributed by atoms with Crippen LogP contribution in [0.15, 0.2) is 0 Å². The lowest BCUT2D eigenvalue weighted by atomic mass is 9.69. The van der Waals surface area contributed by atoms with Gasteiger partial charge in [-0.3, -0.25) is 0 Å². The Hall–Kier alpha value is -0.410. The van der Waals surface area contributed by atoms with Crippen molar-refractivity contribution >= 4 is 11.3 Å². The van der Waals surface area contributed by atoms with E-state index in [1.807, 2.05) is 11.3 Å². The Balaban J connectivity index is 2.37. The van der Waals surface area contributed by atoms with Crippen molar-refractivity contribution in [1.82, 2.24) is 4.98 Å². The fourth-order valence-corrected chi connectivity index (χ4v) is 4.57. The van der Waals surface area contributed by atoms with E-state index >= 15 is 0 Å². The minimum Gasteiger partial charge on any atom is -0.319 e. The van der Waals surface area contributed by atoms with Crippen molar-refractivity contribution in [2.75, 3.05) is 0 Å². The summed E-state index contributed by atoms with van der Waals surface area (Å²) in [6.07, 6.45) is 5.96. The molecule has 0 amide bonds. The summed E-state index contributed by atoms with van der Waals surface area (Å²) in [4.78, 5) is 6.20. The Labute approximate surface area is 115 Å². The van der Waals surface area contributed by atoms with Gasteiger partial charge in [0.1, 0.15) is 5.01 Å². The minimum absolute atomic E-state index is 0.171. The molecular formula is C15H26N2S. The molecule has 1 saturated carbocycles. The Kier molecular flexibility index (Phi) is 4.12. The van der Waals surface area contributed by atoms with Gasteiger partial charge >= 0.3 is 0 Å². The number of aromatic nitrogens is 1. The summed E-state index contributed by atoms with van der Waals surface area (Å²) in [6.45, 7) is 8.96. The van der Waals surface area contributed by atoms with Crippen molar-refractivity contribution in [2.45, 2.75) is 65.3 Å². The molecule has 1 aromatic rings. The van der Waals surface area contributed by atoms with Crippen LogP contribution in [0, 0.1) is 18.8 Å². The molecule has 0 radical (unpaired) electrons. The highest BCUT2D eigenvalue weighted by molar-refractivity contribution is 7.11. The molecule has 0 aliphatic heterocycles. The van der Waals surface area contributed by atoms with E-state index in [1.165, 1.54) is 34.8 Å². The maximum absolute atomic E-state index is 6.81. The molecule has 0 saturated heterocycles. The van der Waals surface area contributed by atoms with Crippen LogP contribution in [0.25, 0.3) is 0 Å². The molecule has 1 aliphatic carbocycles. The predicted octanol–water partition coefficient (Wildman–Crippen LogP) is 4.01. The highest BCUT2D eigenvalue weighted by Crippen LogP contribution is 2.44. The van der Waals surface area contributed by atoms with Crippen LogP contribution in [0.1, 0.15) is 62.0 Å². The van der Waals surface area contributed by atoms with Crippen LogP contribution in [-0.2, 0) is 12.0 Å². The van der Waals surface area contributed by atoms with Crippen molar-refractivity contribution in [3.8, 4) is 0 Å². The number of hydrogen-bond acceptors (Lipinski definition) is 3. The topological polar surface area (TPSA) is 38.9 Å². The molecule has 1 fully saturated rings. The number of aryl methyl sites for hydroxylation is 2. The molecule has 18 heavy (non-hydrogen) atoms. The SMILES string of the molecule is CCc1nc(C2(N)CCCCC2C(C)C)sc1C. The number of nitrogens with two attached hydrogens (primary N) is 1. The van der Waals surface area contributed by atoms with Gasteiger partial charge in [-0.1, -0.05) is 33.6 Å². The van der Waals surface area contributed by atoms with Crippen molar-refractivity contribution < 1.29 is 0 Å². The maximum Gasteiger partial charge on any atom is 0.113 e. The number of hydrogen-bond donors (Lipinski definition) is 1. The third kappa shape index (κ3) is 2.35. The van der Waals surface area contributed by atoms with Crippen molar-refractivity contribution in [3.63, 3.8) is 0 Å². The van der Waals surface area contributed by atoms with Gasteiger partial charge in [0.25, 0.3) is 0 Å². The molecule has 0 spiro atoms. The first-order chi connectivity index (χ1) is 8.49. The molecule has 2 nitrogen and oxygen atoms in total. The Morgan fingerprint density at radius 2 is 2.17 bits per heavy atom. The first-order valence-corrected chi connectivity index (χ1v) is 8.06. The zero-order valence-corrected chi connectivity index (χ0v) is 12.9. The van der Waals surface area contributed by atoms with Crippen LogP contribution in [-0.4, -0.2) is 4.98 Å². The standard InChI is InChI=1S/C15H26N2S/c1-5-13-11(4)18-14(17-13)15(16)9-7-6-8-12(15)10(2)3/h10,12H,5-9,16H2,1-4H3. The average molecular weight is 266 g/mol. The molecule has 2 rings (SSSR count). The third-order valence-corrected chi connectivity index (χ3v) is 5.65. The Bertz CT molecular complexity index is 411. The summed E-state index contributed by atoms with van der Waals surface area (Å²) < 4.78 is 0. The van der Waals surface area contributed by atoms with E-state index in [0.717, 1.165) is 12.8 Å². The second kappa shape index (κ2) is 5.30. The quantitative estimate of drug-likeness (QED) is 0.897. The van der Waals surface area contributed by atoms with E-state index < -0.39 is 0 Å². The van der Waals surface area contributed by atoms with Crippen LogP contribution in [0.4, 0.5) is 0 Å². The molecule has 2 N–H and O–H groups in total. The fraction of sp³-hybridized carbons (Fsp3) is 0.800. The number of rotatable bonds is 3. The van der Waals surface area contributed by atoms with Crippen molar-refractivity contribution in [3.05, 3.63) is 15.6 Å². The maximum atomic E-state index is 6.81. The lowest BCUT2D eigenvalue weighted by Gasteiger charge is -2.42. The molecule has 3 heteroatoms. The van der Waals surface area contributed by atoms with E-state index in [4.69, 9.17) is 10.7 Å². The number of nitrogens with zero attached hydrogens (tertiary/aromatic N) is 1. The lowest BCUT2D eigenvalue weighted by molar-refractivity contribution is 0.140. The third-order valence-electron chi connectivity index (χ3n) is 4.45. The van der Waals surface area contributed by atoms with E-state index in [-0.39, 0.29) is 5.54 Å². The summed E-state index contributed by atoms with van der Waals surface area (Å²) in [7, 11) is 0. The summed E-state index contributed by atoms with van der Waals surface area (Å²) >= 11 is 1.83. The van der Waals surface area contributed by atoms with Gasteiger partial charge < -0.3 is 5.73 Å². The molecule has 2 atom stereocenters. The second-order valence-electron chi connectivity index (χ2n) is 6.01. The van der Waals surface area contributed by atoms with E-state index in [9.17, 15) is 0 Å². The van der Waals surface area contributed by atoms with Gasteiger partial charge in [0.2, 0.25) is 0 Å². The van der Waals surface area contributed by atoms with Crippen LogP contribution in [0.3, 0.4) is 0 Å². The van der Waals surface area contributed by atoms with Gasteiger partial charge in [-0.05, 0) is 38.0 Å². The number of thiazole rings is 1. The second-order valence-corrected chi connectivity index (χ2v) is 7.22. The molecule has 102 valence electrons. The first-order valence-electron chi connectivity index (χ1n) is 7.24. The fourth-order valence-electron chi connectivity index (χ4n) is 3.37. The molecule has 0 bridgehead atoms. The normalized spacial score (nSPS) is 28.9. The Morgan fingerprint density at radius 1 is 1.44 bits per heavy atom. The summed E-state index contributed by atoms with van der Waals surface area (Å²) in [5.74, 6) is 1.23. The molecule has 1 aliphatic rings. The smallest absolute Gasteiger partial charge is 0.113 e. The van der Waals surface area contributed by atoms with Crippen LogP contribution in [0.5, 0.6) is 0 Å². The monoisotopic (exact) mass is 266 g/mol. The molecule has 2 unspecified atom stereocenters. The highest BCUT2D eigenvalue weighted by atomic mass is 32.1. The molecule has 1 heterocycles. The molecule has 0 aromatic carbocycles. The van der Waals surface area contributed by atoms with Gasteiger partial charge in [-0.2, -0.15) is 0 Å². The average Bonchev–Trinajstić information content (AvgIpc) is 2.71. The van der Waals surface area contributed by atoms with Gasteiger partial charge in [-0.25, -0.2) is 4.98 Å². The van der Waals surface area contributed by atoms with E-state index in [0.29, 0.717) is 11.8 Å². The zero-order valence-electron chi connectivity index (χ0n) is 12.1. The first kappa shape index (κ1) is 14.0. The van der Waals surface area contributed by atoms with E-state index in [1.54, 1.807) is 0 Å². The summed E-state index contributed by atoms with van der Waals surface area (Å²) in [6, 6.07) is 0. The highest BCUT2D eigenvalue weighted by Gasteiger charge is 2.42. The van der Waals surface area contributed by atoms with Gasteiger partial charge in [0.15, 0.2) is 0 Å². The molecule has 1 aromatic heterocycles. The van der Waals surface area contributed by atoms with Crippen molar-refractivity contribution in [2.24, 2.45) is 17.6 Å². The molecular weight excluding hydrogens is 240 g/mol. The van der Waals surface area contributed by atoms with Crippen LogP contribution < -0.4 is 5.73 Å². The van der Waals surface area contributed by atoms with Crippen LogP contribution >= 0.6 is 11.3 Å². The largest absolute Gasteiger partial charge is 0.319 e. The lowest BCUT2D eigenvalue weighted by Crippen LogP contribution is -2.48. The van der Waals surface area contributed by atoms with Gasteiger partial charge in [0, 0.05) is 4.88 Å². The van der Waals surface area contributed by atoms with Gasteiger partial charge in [-0.15, -0.1) is 11.3 Å². The minimum atomic E-state index is -0.171. The van der Waals surface area contributed by atoms with Crippen LogP contribution in [0.2, 0.25) is 0 Å². The Morgan fingerprint density at radius 3 is 2.72 bits per heavy atom. The summed E-state index contributed by atoms with van der Waals surface area (Å²) in [5, 5.41) is 1.19. The zero-order chi connectivity index (χ0) is 13.3. The van der Waals surface area contributed by atoms with E-state index in [2.05, 4.69) is 27.7 Å². The predicted molar refractivity (Wildman–Crippen MR) is 78.9 cm³/mol.